The highest BCUT2D eigenvalue weighted by atomic mass is 32.1. The van der Waals surface area contributed by atoms with Crippen LogP contribution < -0.4 is 53.7 Å². The lowest BCUT2D eigenvalue weighted by atomic mass is 10.1. The topological polar surface area (TPSA) is 253 Å². The molecule has 14 nitrogen and oxygen atoms in total. The Morgan fingerprint density at radius 1 is 0.750 bits per heavy atom. The first-order chi connectivity index (χ1) is 19.1. The van der Waals surface area contributed by atoms with Gasteiger partial charge in [0.25, 0.3) is 0 Å². The molecule has 0 unspecified atom stereocenters. The first-order valence-corrected chi connectivity index (χ1v) is 14.0. The minimum Gasteiger partial charge on any atom is -0.488 e. The molecule has 0 saturated carbocycles. The fourth-order valence-corrected chi connectivity index (χ4v) is 3.70. The van der Waals surface area contributed by atoms with Crippen LogP contribution in [-0.2, 0) is 15.3 Å². The number of thiol groups is 1. The average Bonchev–Trinajstić information content (AvgIpc) is 2.92. The van der Waals surface area contributed by atoms with Crippen LogP contribution >= 0.6 is 12.6 Å². The number of carbonyl (C=O) groups excluding carboxylic acids is 2. The molecular weight excluding hydrogens is 536 g/mol. The summed E-state index contributed by atoms with van der Waals surface area (Å²) in [6, 6.07) is 4.21. The van der Waals surface area contributed by atoms with Gasteiger partial charge in [0.2, 0.25) is 11.8 Å². The van der Waals surface area contributed by atoms with Gasteiger partial charge in [-0.1, -0.05) is 6.07 Å². The van der Waals surface area contributed by atoms with Crippen molar-refractivity contribution in [2.75, 3.05) is 39.4 Å². The molecule has 0 fully saturated rings. The van der Waals surface area contributed by atoms with Gasteiger partial charge in [0.15, 0.2) is 23.4 Å². The third kappa shape index (κ3) is 15.9. The van der Waals surface area contributed by atoms with Crippen molar-refractivity contribution in [1.82, 2.24) is 21.3 Å². The van der Waals surface area contributed by atoms with Crippen LogP contribution in [0.2, 0.25) is 0 Å². The maximum absolute atomic E-state index is 12.2. The number of rotatable bonds is 21. The van der Waals surface area contributed by atoms with E-state index in [1.807, 2.05) is 12.1 Å². The smallest absolute Gasteiger partial charge is 0.237 e. The molecule has 14 N–H and O–H groups in total. The molecule has 0 aliphatic heterocycles. The highest BCUT2D eigenvalue weighted by molar-refractivity contribution is 7.79. The van der Waals surface area contributed by atoms with Gasteiger partial charge >= 0.3 is 0 Å². The lowest BCUT2D eigenvalue weighted by molar-refractivity contribution is -0.123. The third-order valence-corrected chi connectivity index (χ3v) is 6.06. The standard InChI is InChI=1S/C25H46N10O4S/c26-18(5-1-3-9-34-24(28)29)22(36)32-11-13-38-20-8-7-17(16-40)15-21(20)39-14-12-33-23(37)19(27)6-2-4-10-35-25(30)31/h7-8,15,18-19,40H,1-6,9-14,16,26-27H2,(H,32,36)(H,33,37)(H4,28,29,34)(H4,30,31,35)/t18-,19-/m1/s1. The van der Waals surface area contributed by atoms with Crippen molar-refractivity contribution in [2.24, 2.45) is 22.9 Å². The van der Waals surface area contributed by atoms with Crippen LogP contribution in [0, 0.1) is 10.8 Å². The molecule has 2 atom stereocenters. The summed E-state index contributed by atoms with van der Waals surface area (Å²) in [5, 5.41) is 25.2. The predicted octanol–water partition coefficient (Wildman–Crippen LogP) is -0.932. The zero-order valence-electron chi connectivity index (χ0n) is 23.0. The van der Waals surface area contributed by atoms with Crippen LogP contribution in [0.25, 0.3) is 0 Å². The van der Waals surface area contributed by atoms with E-state index in [0.717, 1.165) is 31.2 Å². The third-order valence-electron chi connectivity index (χ3n) is 5.70. The summed E-state index contributed by atoms with van der Waals surface area (Å²) in [7, 11) is 0. The second-order valence-electron chi connectivity index (χ2n) is 9.10. The fraction of sp³-hybridized carbons (Fsp3) is 0.600. The largest absolute Gasteiger partial charge is 0.488 e. The Labute approximate surface area is 241 Å². The summed E-state index contributed by atoms with van der Waals surface area (Å²) in [5.41, 5.74) is 23.3. The van der Waals surface area contributed by atoms with Crippen LogP contribution in [0.1, 0.15) is 44.1 Å². The number of nitrogens with one attached hydrogen (secondary N) is 6. The lowest BCUT2D eigenvalue weighted by Crippen LogP contribution is -2.42. The molecule has 1 rings (SSSR count). The van der Waals surface area contributed by atoms with Crippen LogP contribution in [0.3, 0.4) is 0 Å². The van der Waals surface area contributed by atoms with Crippen molar-refractivity contribution in [3.05, 3.63) is 23.8 Å². The van der Waals surface area contributed by atoms with Crippen LogP contribution in [0.4, 0.5) is 0 Å². The highest BCUT2D eigenvalue weighted by Crippen LogP contribution is 2.29. The zero-order chi connectivity index (χ0) is 29.8. The van der Waals surface area contributed by atoms with E-state index in [1.54, 1.807) is 6.07 Å². The molecule has 0 aliphatic carbocycles. The van der Waals surface area contributed by atoms with Crippen molar-refractivity contribution in [1.29, 1.82) is 10.8 Å². The van der Waals surface area contributed by atoms with Crippen molar-refractivity contribution in [3.63, 3.8) is 0 Å². The summed E-state index contributed by atoms with van der Waals surface area (Å²) in [6.45, 7) is 2.09. The van der Waals surface area contributed by atoms with Gasteiger partial charge in [0.05, 0.1) is 25.2 Å². The van der Waals surface area contributed by atoms with Gasteiger partial charge in [-0.3, -0.25) is 20.4 Å². The monoisotopic (exact) mass is 582 g/mol. The van der Waals surface area contributed by atoms with Crippen LogP contribution in [-0.4, -0.2) is 75.2 Å². The second-order valence-corrected chi connectivity index (χ2v) is 9.42. The summed E-state index contributed by atoms with van der Waals surface area (Å²) in [6.07, 6.45) is 4.02. The van der Waals surface area contributed by atoms with E-state index in [-0.39, 0.29) is 50.0 Å². The molecule has 0 bridgehead atoms. The first kappa shape index (κ1) is 34.6. The van der Waals surface area contributed by atoms with E-state index in [4.69, 9.17) is 43.2 Å². The van der Waals surface area contributed by atoms with Gasteiger partial charge in [-0.2, -0.15) is 12.6 Å². The molecule has 226 valence electrons. The number of hydrogen-bond donors (Lipinski definition) is 11. The molecule has 0 heterocycles. The van der Waals surface area contributed by atoms with E-state index >= 15 is 0 Å². The van der Waals surface area contributed by atoms with E-state index in [1.165, 1.54) is 0 Å². The Bertz CT molecular complexity index is 937. The van der Waals surface area contributed by atoms with E-state index in [9.17, 15) is 9.59 Å². The van der Waals surface area contributed by atoms with E-state index in [0.29, 0.717) is 43.2 Å². The average molecular weight is 583 g/mol. The van der Waals surface area contributed by atoms with Crippen molar-refractivity contribution < 1.29 is 19.1 Å². The summed E-state index contributed by atoms with van der Waals surface area (Å²) in [4.78, 5) is 24.4. The normalized spacial score (nSPS) is 12.1. The maximum Gasteiger partial charge on any atom is 0.237 e. The molecule has 2 amide bonds. The minimum absolute atomic E-state index is 0.0775. The van der Waals surface area contributed by atoms with Crippen molar-refractivity contribution in [2.45, 2.75) is 56.4 Å². The van der Waals surface area contributed by atoms with E-state index in [2.05, 4.69) is 33.9 Å². The number of amides is 2. The van der Waals surface area contributed by atoms with Crippen LogP contribution in [0.5, 0.6) is 11.5 Å². The Balaban J connectivity index is 2.37. The van der Waals surface area contributed by atoms with Gasteiger partial charge in [-0.05, 0) is 56.2 Å². The van der Waals surface area contributed by atoms with Gasteiger partial charge < -0.3 is 53.7 Å². The number of hydrogen-bond acceptors (Lipinski definition) is 9. The van der Waals surface area contributed by atoms with Crippen molar-refractivity contribution in [3.8, 4) is 11.5 Å². The highest BCUT2D eigenvalue weighted by Gasteiger charge is 2.14. The molecule has 0 spiro atoms. The van der Waals surface area contributed by atoms with Gasteiger partial charge in [-0.25, -0.2) is 0 Å². The zero-order valence-corrected chi connectivity index (χ0v) is 23.9. The number of unbranched alkanes of at least 4 members (excludes halogenated alkanes) is 2. The Kier molecular flexibility index (Phi) is 17.7. The fourth-order valence-electron chi connectivity index (χ4n) is 3.50. The SMILES string of the molecule is N=C(N)NCCCC[C@@H](N)C(=O)NCCOc1ccc(CS)cc1OCCNC(=O)[C@H](N)CCCCNC(=N)N. The minimum atomic E-state index is -0.629. The molecule has 0 aromatic heterocycles. The molecule has 1 aromatic carbocycles. The molecule has 40 heavy (non-hydrogen) atoms. The maximum atomic E-state index is 12.2. The Hall–Kier alpha value is -3.43. The number of benzene rings is 1. The molecular formula is C25H46N10O4S. The van der Waals surface area contributed by atoms with Gasteiger partial charge in [0, 0.05) is 18.8 Å². The van der Waals surface area contributed by atoms with Crippen molar-refractivity contribution >= 4 is 36.4 Å². The Morgan fingerprint density at radius 3 is 1.68 bits per heavy atom. The molecule has 1 aromatic rings. The molecule has 0 radical (unpaired) electrons. The van der Waals surface area contributed by atoms with Gasteiger partial charge in [-0.15, -0.1) is 0 Å². The van der Waals surface area contributed by atoms with Crippen LogP contribution in [0.15, 0.2) is 18.2 Å². The Morgan fingerprint density at radius 2 is 1.23 bits per heavy atom. The molecule has 15 heteroatoms. The number of carbonyl (C=O) groups is 2. The number of nitrogens with two attached hydrogens (primary N) is 4. The lowest BCUT2D eigenvalue weighted by Gasteiger charge is -2.16. The number of ether oxygens (including phenoxy) is 2. The number of guanidine groups is 2. The summed E-state index contributed by atoms with van der Waals surface area (Å²) in [5.74, 6) is 0.854. The predicted molar refractivity (Wildman–Crippen MR) is 160 cm³/mol. The quantitative estimate of drug-likeness (QED) is 0.0367. The second kappa shape index (κ2) is 20.5. The van der Waals surface area contributed by atoms with Gasteiger partial charge in [0.1, 0.15) is 13.2 Å². The summed E-state index contributed by atoms with van der Waals surface area (Å²) < 4.78 is 11.7. The first-order valence-electron chi connectivity index (χ1n) is 13.4. The molecule has 0 saturated heterocycles. The molecule has 0 aliphatic rings. The summed E-state index contributed by atoms with van der Waals surface area (Å²) >= 11 is 4.31. The van der Waals surface area contributed by atoms with E-state index < -0.39 is 12.1 Å².